The number of benzene rings is 3. The van der Waals surface area contributed by atoms with Crippen LogP contribution in [0, 0.1) is 5.92 Å². The minimum Gasteiger partial charge on any atom is -0.453 e. The van der Waals surface area contributed by atoms with E-state index in [1.807, 2.05) is 48.7 Å². The largest absolute Gasteiger partial charge is 0.453 e. The van der Waals surface area contributed by atoms with Crippen molar-refractivity contribution in [1.82, 2.24) is 40.4 Å². The molecule has 14 nitrogen and oxygen atoms in total. The number of carbonyl (C=O) groups is 4. The first-order chi connectivity index (χ1) is 29.1. The molecule has 3 aromatic carbocycles. The van der Waals surface area contributed by atoms with Gasteiger partial charge in [-0.15, -0.1) is 11.3 Å². The summed E-state index contributed by atoms with van der Waals surface area (Å²) in [6.07, 6.45) is 5.57. The van der Waals surface area contributed by atoms with Gasteiger partial charge in [-0.25, -0.2) is 19.6 Å². The molecule has 6 aromatic rings. The highest BCUT2D eigenvalue weighted by Crippen LogP contribution is 2.36. The first-order valence-electron chi connectivity index (χ1n) is 20.2. The van der Waals surface area contributed by atoms with Crippen LogP contribution in [0.4, 0.5) is 9.59 Å². The topological polar surface area (TPSA) is 175 Å². The number of alkyl carbamates (subject to hydrolysis) is 2. The van der Waals surface area contributed by atoms with Crippen molar-refractivity contribution in [2.24, 2.45) is 5.92 Å². The monoisotopic (exact) mass is 828 g/mol. The molecule has 2 fully saturated rings. The lowest BCUT2D eigenvalue weighted by Gasteiger charge is -2.30. The van der Waals surface area contributed by atoms with Gasteiger partial charge in [-0.1, -0.05) is 68.4 Å². The van der Waals surface area contributed by atoms with Gasteiger partial charge < -0.3 is 39.9 Å². The molecule has 60 heavy (non-hydrogen) atoms. The van der Waals surface area contributed by atoms with E-state index in [2.05, 4.69) is 81.3 Å². The SMILES string of the molecule is COC(=O)NC(C(=O)N1CCC[C@H]1c1ncc(-c2ccc3cc(-c4ccc(-c5cnc([C@@H]6CCCN6C(=O)[C@H](NC(=O)OC)c6cccs6)[nH]5)cc4)ccc3c2)[nH]1)C(C)C. The molecule has 1 unspecified atom stereocenters. The molecule has 0 spiro atoms. The third-order valence-corrected chi connectivity index (χ3v) is 12.4. The molecule has 0 saturated carbocycles. The van der Waals surface area contributed by atoms with Crippen LogP contribution in [0.2, 0.25) is 0 Å². The number of fused-ring (bicyclic) bond motifs is 1. The second-order valence-electron chi connectivity index (χ2n) is 15.5. The molecule has 0 radical (unpaired) electrons. The molecule has 4 atom stereocenters. The summed E-state index contributed by atoms with van der Waals surface area (Å²) >= 11 is 1.41. The number of nitrogens with zero attached hydrogens (tertiary/aromatic N) is 4. The Morgan fingerprint density at radius 3 is 1.82 bits per heavy atom. The lowest BCUT2D eigenvalue weighted by Crippen LogP contribution is -2.51. The predicted octanol–water partition coefficient (Wildman–Crippen LogP) is 8.15. The average Bonchev–Trinajstić information content (AvgIpc) is 4.13. The number of nitrogens with one attached hydrogen (secondary N) is 4. The number of hydrogen-bond donors (Lipinski definition) is 4. The van der Waals surface area contributed by atoms with Crippen molar-refractivity contribution in [2.75, 3.05) is 27.3 Å². The van der Waals surface area contributed by atoms with E-state index in [1.54, 1.807) is 4.90 Å². The molecule has 2 aliphatic heterocycles. The number of methoxy groups -OCH3 is 2. The molecule has 0 aliphatic carbocycles. The zero-order chi connectivity index (χ0) is 41.9. The Hall–Kier alpha value is -6.48. The maximum absolute atomic E-state index is 13.8. The van der Waals surface area contributed by atoms with Gasteiger partial charge in [-0.3, -0.25) is 9.59 Å². The molecule has 0 bridgehead atoms. The average molecular weight is 829 g/mol. The molecule has 2 saturated heterocycles. The quantitative estimate of drug-likeness (QED) is 0.101. The van der Waals surface area contributed by atoms with Crippen LogP contribution in [0.1, 0.15) is 74.2 Å². The molecule has 15 heteroatoms. The van der Waals surface area contributed by atoms with Crippen LogP contribution in [0.5, 0.6) is 0 Å². The minimum atomic E-state index is -0.835. The molecule has 2 aliphatic rings. The molecule has 4 amide bonds. The lowest BCUT2D eigenvalue weighted by atomic mass is 9.98. The van der Waals surface area contributed by atoms with E-state index < -0.39 is 24.3 Å². The normalized spacial score (nSPS) is 17.5. The van der Waals surface area contributed by atoms with Crippen LogP contribution in [-0.2, 0) is 19.1 Å². The summed E-state index contributed by atoms with van der Waals surface area (Å²) in [5, 5.41) is 9.48. The number of imidazole rings is 2. The van der Waals surface area contributed by atoms with Crippen molar-refractivity contribution in [3.05, 3.63) is 107 Å². The van der Waals surface area contributed by atoms with E-state index in [9.17, 15) is 19.2 Å². The molecular weight excluding hydrogens is 781 g/mol. The predicted molar refractivity (Wildman–Crippen MR) is 229 cm³/mol. The van der Waals surface area contributed by atoms with Gasteiger partial charge in [0.05, 0.1) is 50.1 Å². The fourth-order valence-corrected chi connectivity index (χ4v) is 9.07. The summed E-state index contributed by atoms with van der Waals surface area (Å²) in [4.78, 5) is 72.3. The second-order valence-corrected chi connectivity index (χ2v) is 16.5. The summed E-state index contributed by atoms with van der Waals surface area (Å²) in [6.45, 7) is 4.97. The summed E-state index contributed by atoms with van der Waals surface area (Å²) < 4.78 is 9.58. The molecule has 5 heterocycles. The Kier molecular flexibility index (Phi) is 11.7. The van der Waals surface area contributed by atoms with Crippen LogP contribution >= 0.6 is 11.3 Å². The maximum Gasteiger partial charge on any atom is 0.407 e. The van der Waals surface area contributed by atoms with Crippen LogP contribution in [0.15, 0.2) is 90.6 Å². The van der Waals surface area contributed by atoms with Gasteiger partial charge in [-0.2, -0.15) is 0 Å². The first kappa shape index (κ1) is 40.3. The summed E-state index contributed by atoms with van der Waals surface area (Å²) in [5.74, 6) is 1.00. The Bertz CT molecular complexity index is 2500. The molecule has 4 N–H and O–H groups in total. The van der Waals surface area contributed by atoms with E-state index in [1.165, 1.54) is 25.6 Å². The third-order valence-electron chi connectivity index (χ3n) is 11.5. The van der Waals surface area contributed by atoms with Crippen molar-refractivity contribution in [2.45, 2.75) is 63.7 Å². The van der Waals surface area contributed by atoms with Gasteiger partial charge in [0.25, 0.3) is 5.91 Å². The molecule has 3 aromatic heterocycles. The van der Waals surface area contributed by atoms with Crippen molar-refractivity contribution in [1.29, 1.82) is 0 Å². The number of H-pyrrole nitrogens is 2. The van der Waals surface area contributed by atoms with Gasteiger partial charge in [0.1, 0.15) is 23.7 Å². The smallest absolute Gasteiger partial charge is 0.407 e. The van der Waals surface area contributed by atoms with Crippen molar-refractivity contribution in [3.63, 3.8) is 0 Å². The highest BCUT2D eigenvalue weighted by Gasteiger charge is 2.39. The highest BCUT2D eigenvalue weighted by atomic mass is 32.1. The van der Waals surface area contributed by atoms with Crippen LogP contribution in [0.3, 0.4) is 0 Å². The fourth-order valence-electron chi connectivity index (χ4n) is 8.30. The summed E-state index contributed by atoms with van der Waals surface area (Å²) in [7, 11) is 2.58. The minimum absolute atomic E-state index is 0.107. The number of ether oxygens (including phenoxy) is 2. The second kappa shape index (κ2) is 17.4. The number of carbonyl (C=O) groups excluding carboxylic acids is 4. The zero-order valence-electron chi connectivity index (χ0n) is 33.9. The van der Waals surface area contributed by atoms with Crippen molar-refractivity contribution in [3.8, 4) is 33.6 Å². The number of likely N-dealkylation sites (tertiary alicyclic amines) is 2. The van der Waals surface area contributed by atoms with Gasteiger partial charge in [-0.05, 0) is 82.6 Å². The van der Waals surface area contributed by atoms with Crippen LogP contribution in [0.25, 0.3) is 44.4 Å². The summed E-state index contributed by atoms with van der Waals surface area (Å²) in [5.41, 5.74) is 5.85. The number of thiophene rings is 1. The van der Waals surface area contributed by atoms with Crippen LogP contribution < -0.4 is 10.6 Å². The standard InChI is InChI=1S/C45H48N8O6S/c1-26(2)38(50-44(56)58-3)42(54)52-19-5-8-35(52)41-47-25-34(49-41)32-18-17-30-22-29(15-16-31(30)23-32)27-11-13-28(14-12-27)33-24-46-40(48-33)36-9-6-20-53(36)43(55)39(51-45(57)59-4)37-10-7-21-60-37/h7,10-18,21-26,35-36,38-39H,5-6,8-9,19-20H2,1-4H3,(H,46,48)(H,47,49)(H,50,56)(H,51,57)/t35-,36-,38?,39+/m0/s1. The Balaban J connectivity index is 0.941. The van der Waals surface area contributed by atoms with E-state index in [0.29, 0.717) is 18.9 Å². The number of aromatic nitrogens is 4. The molecular formula is C45H48N8O6S. The number of hydrogen-bond acceptors (Lipinski definition) is 9. The number of aromatic amines is 2. The number of amides is 4. The van der Waals surface area contributed by atoms with Gasteiger partial charge in [0.15, 0.2) is 0 Å². The zero-order valence-corrected chi connectivity index (χ0v) is 34.8. The fraction of sp³-hybridized carbons (Fsp3) is 0.333. The maximum atomic E-state index is 13.8. The van der Waals surface area contributed by atoms with E-state index in [4.69, 9.17) is 19.4 Å². The molecule has 310 valence electrons. The third kappa shape index (κ3) is 8.21. The van der Waals surface area contributed by atoms with Gasteiger partial charge in [0.2, 0.25) is 5.91 Å². The van der Waals surface area contributed by atoms with Gasteiger partial charge in [0, 0.05) is 23.5 Å². The highest BCUT2D eigenvalue weighted by molar-refractivity contribution is 7.10. The van der Waals surface area contributed by atoms with Crippen molar-refractivity contribution >= 4 is 46.1 Å². The van der Waals surface area contributed by atoms with E-state index >= 15 is 0 Å². The molecule has 8 rings (SSSR count). The Morgan fingerprint density at radius 1 is 0.700 bits per heavy atom. The first-order valence-corrected chi connectivity index (χ1v) is 21.1. The Labute approximate surface area is 351 Å². The number of rotatable bonds is 11. The Morgan fingerprint density at radius 2 is 1.23 bits per heavy atom. The van der Waals surface area contributed by atoms with Crippen LogP contribution in [-0.4, -0.2) is 87.1 Å². The van der Waals surface area contributed by atoms with E-state index in [-0.39, 0.29) is 29.8 Å². The lowest BCUT2D eigenvalue weighted by molar-refractivity contribution is -0.135. The van der Waals surface area contributed by atoms with E-state index in [0.717, 1.165) is 80.8 Å². The van der Waals surface area contributed by atoms with Crippen molar-refractivity contribution < 1.29 is 28.7 Å². The van der Waals surface area contributed by atoms with Gasteiger partial charge >= 0.3 is 12.2 Å². The summed E-state index contributed by atoms with van der Waals surface area (Å²) in [6, 6.07) is 22.8.